The van der Waals surface area contributed by atoms with Gasteiger partial charge in [-0.2, -0.15) is 0 Å². The Labute approximate surface area is 130 Å². The van der Waals surface area contributed by atoms with E-state index in [9.17, 15) is 9.59 Å². The van der Waals surface area contributed by atoms with E-state index in [1.807, 2.05) is 19.1 Å². The summed E-state index contributed by atoms with van der Waals surface area (Å²) in [7, 11) is 0. The van der Waals surface area contributed by atoms with Crippen LogP contribution in [0.4, 0.5) is 0 Å². The first-order valence-corrected chi connectivity index (χ1v) is 7.92. The maximum absolute atomic E-state index is 12.2. The van der Waals surface area contributed by atoms with Crippen molar-refractivity contribution in [3.63, 3.8) is 0 Å². The van der Waals surface area contributed by atoms with Crippen LogP contribution in [0.5, 0.6) is 0 Å². The topological polar surface area (TPSA) is 78.4 Å². The van der Waals surface area contributed by atoms with E-state index in [0.717, 1.165) is 37.8 Å². The molecule has 1 aromatic rings. The minimum atomic E-state index is -0.482. The van der Waals surface area contributed by atoms with Gasteiger partial charge in [0.2, 0.25) is 0 Å². The van der Waals surface area contributed by atoms with Crippen molar-refractivity contribution < 1.29 is 14.8 Å². The lowest BCUT2D eigenvalue weighted by molar-refractivity contribution is -0.123. The highest BCUT2D eigenvalue weighted by Gasteiger charge is 2.47. The molecule has 5 nitrogen and oxygen atoms in total. The number of amides is 1. The van der Waals surface area contributed by atoms with Gasteiger partial charge in [-0.15, -0.1) is 0 Å². The highest BCUT2D eigenvalue weighted by Crippen LogP contribution is 2.44. The SMILES string of the molecule is CCC(=O)C1NCC[C@@]12CCc1cc(C(=O)NO)ccc1C2. The third kappa shape index (κ3) is 2.44. The summed E-state index contributed by atoms with van der Waals surface area (Å²) in [5, 5.41) is 12.1. The maximum Gasteiger partial charge on any atom is 0.274 e. The molecule has 118 valence electrons. The number of nitrogens with one attached hydrogen (secondary N) is 2. The van der Waals surface area contributed by atoms with Crippen LogP contribution in [-0.2, 0) is 17.6 Å². The van der Waals surface area contributed by atoms with Gasteiger partial charge in [0, 0.05) is 12.0 Å². The lowest BCUT2D eigenvalue weighted by Crippen LogP contribution is -2.46. The van der Waals surface area contributed by atoms with Gasteiger partial charge in [-0.3, -0.25) is 14.8 Å². The second-order valence-corrected chi connectivity index (χ2v) is 6.42. The highest BCUT2D eigenvalue weighted by atomic mass is 16.5. The van der Waals surface area contributed by atoms with E-state index in [0.29, 0.717) is 17.8 Å². The molecule has 1 spiro atoms. The fourth-order valence-corrected chi connectivity index (χ4v) is 4.03. The first-order chi connectivity index (χ1) is 10.6. The molecule has 1 unspecified atom stereocenters. The monoisotopic (exact) mass is 302 g/mol. The molecule has 22 heavy (non-hydrogen) atoms. The van der Waals surface area contributed by atoms with Crippen LogP contribution in [0.1, 0.15) is 47.7 Å². The van der Waals surface area contributed by atoms with Gasteiger partial charge in [-0.25, -0.2) is 5.48 Å². The molecule has 5 heteroatoms. The molecule has 1 aliphatic heterocycles. The normalized spacial score (nSPS) is 26.7. The van der Waals surface area contributed by atoms with E-state index >= 15 is 0 Å². The van der Waals surface area contributed by atoms with Gasteiger partial charge in [-0.05, 0) is 60.9 Å². The number of ketones is 1. The number of rotatable bonds is 3. The van der Waals surface area contributed by atoms with E-state index < -0.39 is 5.91 Å². The van der Waals surface area contributed by atoms with Gasteiger partial charge in [0.25, 0.3) is 5.91 Å². The van der Waals surface area contributed by atoms with Crippen LogP contribution in [0.15, 0.2) is 18.2 Å². The molecule has 3 N–H and O–H groups in total. The number of fused-ring (bicyclic) bond motifs is 1. The second-order valence-electron chi connectivity index (χ2n) is 6.42. The standard InChI is InChI=1S/C17H22N2O3/c1-2-14(20)15-17(7-8-18-15)6-5-11-9-12(16(21)19-22)3-4-13(11)10-17/h3-4,9,15,18,22H,2,5-8,10H2,1H3,(H,19,21)/t15?,17-/m1/s1. The smallest absolute Gasteiger partial charge is 0.274 e. The number of hydroxylamine groups is 1. The van der Waals surface area contributed by atoms with Crippen molar-refractivity contribution in [3.05, 3.63) is 34.9 Å². The highest BCUT2D eigenvalue weighted by molar-refractivity contribution is 5.93. The minimum Gasteiger partial charge on any atom is -0.307 e. The number of carbonyl (C=O) groups is 2. The van der Waals surface area contributed by atoms with Gasteiger partial charge < -0.3 is 5.32 Å². The predicted molar refractivity (Wildman–Crippen MR) is 81.9 cm³/mol. The van der Waals surface area contributed by atoms with Crippen LogP contribution >= 0.6 is 0 Å². The number of aryl methyl sites for hydroxylation is 1. The molecule has 0 saturated carbocycles. The molecule has 1 amide bonds. The summed E-state index contributed by atoms with van der Waals surface area (Å²) in [6.45, 7) is 2.82. The molecule has 0 radical (unpaired) electrons. The van der Waals surface area contributed by atoms with Crippen molar-refractivity contribution in [2.75, 3.05) is 6.54 Å². The summed E-state index contributed by atoms with van der Waals surface area (Å²) in [4.78, 5) is 23.8. The third-order valence-electron chi connectivity index (χ3n) is 5.26. The largest absolute Gasteiger partial charge is 0.307 e. The fourth-order valence-electron chi connectivity index (χ4n) is 4.03. The van der Waals surface area contributed by atoms with Crippen molar-refractivity contribution in [2.45, 2.75) is 45.1 Å². The quantitative estimate of drug-likeness (QED) is 0.586. The molecule has 1 heterocycles. The van der Waals surface area contributed by atoms with Crippen molar-refractivity contribution in [2.24, 2.45) is 5.41 Å². The predicted octanol–water partition coefficient (Wildman–Crippen LogP) is 1.62. The number of carbonyl (C=O) groups excluding carboxylic acids is 2. The molecule has 0 aromatic heterocycles. The maximum atomic E-state index is 12.2. The fraction of sp³-hybridized carbons (Fsp3) is 0.529. The summed E-state index contributed by atoms with van der Waals surface area (Å²) in [6.07, 6.45) is 4.32. The number of hydrogen-bond acceptors (Lipinski definition) is 4. The van der Waals surface area contributed by atoms with Crippen molar-refractivity contribution in [3.8, 4) is 0 Å². The van der Waals surface area contributed by atoms with E-state index in [4.69, 9.17) is 5.21 Å². The first kappa shape index (κ1) is 15.2. The summed E-state index contributed by atoms with van der Waals surface area (Å²) in [5.41, 5.74) is 4.55. The minimum absolute atomic E-state index is 0.0286. The second kappa shape index (κ2) is 5.82. The Balaban J connectivity index is 1.88. The molecular weight excluding hydrogens is 280 g/mol. The molecular formula is C17H22N2O3. The molecule has 1 saturated heterocycles. The molecule has 1 aromatic carbocycles. The number of Topliss-reactive ketones (excluding diaryl/α,β-unsaturated/α-hetero) is 1. The van der Waals surface area contributed by atoms with Crippen LogP contribution in [0.2, 0.25) is 0 Å². The number of benzene rings is 1. The van der Waals surface area contributed by atoms with Gasteiger partial charge in [0.05, 0.1) is 6.04 Å². The van der Waals surface area contributed by atoms with E-state index in [1.165, 1.54) is 5.56 Å². The molecule has 2 atom stereocenters. The Morgan fingerprint density at radius 3 is 2.91 bits per heavy atom. The summed E-state index contributed by atoms with van der Waals surface area (Å²) < 4.78 is 0. The van der Waals surface area contributed by atoms with E-state index in [-0.39, 0.29) is 11.5 Å². The Morgan fingerprint density at radius 1 is 1.36 bits per heavy atom. The lowest BCUT2D eigenvalue weighted by Gasteiger charge is -2.38. The molecule has 1 fully saturated rings. The average molecular weight is 302 g/mol. The van der Waals surface area contributed by atoms with E-state index in [1.54, 1.807) is 11.5 Å². The van der Waals surface area contributed by atoms with Gasteiger partial charge in [0.1, 0.15) is 5.78 Å². The van der Waals surface area contributed by atoms with Crippen LogP contribution in [-0.4, -0.2) is 29.5 Å². The Kier molecular flexibility index (Phi) is 4.02. The van der Waals surface area contributed by atoms with Crippen LogP contribution in [0.25, 0.3) is 0 Å². The van der Waals surface area contributed by atoms with Crippen LogP contribution < -0.4 is 10.8 Å². The van der Waals surface area contributed by atoms with Crippen LogP contribution in [0.3, 0.4) is 0 Å². The van der Waals surface area contributed by atoms with Gasteiger partial charge in [0.15, 0.2) is 0 Å². The zero-order valence-electron chi connectivity index (χ0n) is 12.8. The summed E-state index contributed by atoms with van der Waals surface area (Å²) >= 11 is 0. The third-order valence-corrected chi connectivity index (χ3v) is 5.26. The Hall–Kier alpha value is -1.72. The van der Waals surface area contributed by atoms with Crippen molar-refractivity contribution in [1.82, 2.24) is 10.8 Å². The lowest BCUT2D eigenvalue weighted by atomic mass is 9.66. The van der Waals surface area contributed by atoms with E-state index in [2.05, 4.69) is 5.32 Å². The summed E-state index contributed by atoms with van der Waals surface area (Å²) in [6, 6.07) is 5.52. The first-order valence-electron chi connectivity index (χ1n) is 7.92. The number of hydrogen-bond donors (Lipinski definition) is 3. The van der Waals surface area contributed by atoms with Gasteiger partial charge in [-0.1, -0.05) is 13.0 Å². The summed E-state index contributed by atoms with van der Waals surface area (Å²) in [5.74, 6) is -0.179. The van der Waals surface area contributed by atoms with Crippen molar-refractivity contribution in [1.29, 1.82) is 0 Å². The zero-order valence-corrected chi connectivity index (χ0v) is 12.8. The molecule has 2 aliphatic rings. The van der Waals surface area contributed by atoms with Gasteiger partial charge >= 0.3 is 0 Å². The molecule has 3 rings (SSSR count). The Bertz CT molecular complexity index is 614. The average Bonchev–Trinajstić information content (AvgIpc) is 2.95. The Morgan fingerprint density at radius 2 is 2.18 bits per heavy atom. The molecule has 0 bridgehead atoms. The zero-order chi connectivity index (χ0) is 15.7. The van der Waals surface area contributed by atoms with Crippen molar-refractivity contribution >= 4 is 11.7 Å². The van der Waals surface area contributed by atoms with Crippen LogP contribution in [0, 0.1) is 5.41 Å². The molecule has 1 aliphatic carbocycles.